The summed E-state index contributed by atoms with van der Waals surface area (Å²) in [6, 6.07) is 6.84. The van der Waals surface area contributed by atoms with E-state index in [0.29, 0.717) is 5.91 Å². The van der Waals surface area contributed by atoms with Gasteiger partial charge in [-0.2, -0.15) is 0 Å². The van der Waals surface area contributed by atoms with Crippen LogP contribution in [0.1, 0.15) is 42.6 Å². The maximum atomic E-state index is 13.5. The van der Waals surface area contributed by atoms with Crippen molar-refractivity contribution in [2.45, 2.75) is 44.2 Å². The second kappa shape index (κ2) is 6.44. The molecule has 27 heavy (non-hydrogen) atoms. The smallest absolute Gasteiger partial charge is 0.226 e. The number of halogens is 1. The van der Waals surface area contributed by atoms with Gasteiger partial charge in [-0.1, -0.05) is 12.1 Å². The van der Waals surface area contributed by atoms with Crippen molar-refractivity contribution in [3.05, 3.63) is 53.4 Å². The second-order valence-corrected chi connectivity index (χ2v) is 8.18. The highest BCUT2D eigenvalue weighted by atomic mass is 19.1. The molecule has 1 amide bonds. The molecule has 0 atom stereocenters. The van der Waals surface area contributed by atoms with Gasteiger partial charge in [0.05, 0.1) is 17.6 Å². The van der Waals surface area contributed by atoms with E-state index in [1.165, 1.54) is 11.8 Å². The van der Waals surface area contributed by atoms with Crippen molar-refractivity contribution in [3.63, 3.8) is 0 Å². The number of H-pyrrole nitrogens is 1. The SMILES string of the molecule is O=C(C1CC1)N1CCc2[nH]cnc2C12CCN(Cc1cccc(F)c1)CC2. The Labute approximate surface area is 158 Å². The topological polar surface area (TPSA) is 52.2 Å². The van der Waals surface area contributed by atoms with Gasteiger partial charge in [-0.25, -0.2) is 9.37 Å². The lowest BCUT2D eigenvalue weighted by atomic mass is 9.78. The van der Waals surface area contributed by atoms with Crippen molar-refractivity contribution in [2.75, 3.05) is 19.6 Å². The molecular weight excluding hydrogens is 343 g/mol. The van der Waals surface area contributed by atoms with Crippen LogP contribution in [-0.2, 0) is 23.3 Å². The van der Waals surface area contributed by atoms with Gasteiger partial charge >= 0.3 is 0 Å². The fourth-order valence-corrected chi connectivity index (χ4v) is 4.83. The maximum Gasteiger partial charge on any atom is 0.226 e. The third kappa shape index (κ3) is 2.96. The number of carbonyl (C=O) groups is 1. The van der Waals surface area contributed by atoms with Crippen molar-refractivity contribution in [1.29, 1.82) is 0 Å². The maximum absolute atomic E-state index is 13.5. The predicted octanol–water partition coefficient (Wildman–Crippen LogP) is 2.83. The molecule has 2 aromatic rings. The standard InChI is InChI=1S/C21H25FN4O/c22-17-3-1-2-15(12-17)13-25-10-7-21(8-11-25)19-18(23-14-24-19)6-9-26(21)20(27)16-4-5-16/h1-3,12,14,16H,4-11,13H2,(H,23,24). The average Bonchev–Trinajstić information content (AvgIpc) is 3.41. The number of imidazole rings is 1. The Morgan fingerprint density at radius 1 is 1.26 bits per heavy atom. The first-order valence-electron chi connectivity index (χ1n) is 9.97. The zero-order valence-electron chi connectivity index (χ0n) is 15.5. The lowest BCUT2D eigenvalue weighted by molar-refractivity contribution is -0.143. The summed E-state index contributed by atoms with van der Waals surface area (Å²) in [6.07, 6.45) is 6.48. The van der Waals surface area contributed by atoms with Gasteiger partial charge < -0.3 is 9.88 Å². The highest BCUT2D eigenvalue weighted by Gasteiger charge is 2.50. The number of carbonyl (C=O) groups excluding carboxylic acids is 1. The minimum Gasteiger partial charge on any atom is -0.348 e. The molecule has 1 saturated heterocycles. The van der Waals surface area contributed by atoms with E-state index in [2.05, 4.69) is 19.8 Å². The summed E-state index contributed by atoms with van der Waals surface area (Å²) in [6.45, 7) is 3.31. The molecule has 0 bridgehead atoms. The van der Waals surface area contributed by atoms with E-state index in [1.807, 2.05) is 6.07 Å². The van der Waals surface area contributed by atoms with Crippen LogP contribution in [0, 0.1) is 11.7 Å². The van der Waals surface area contributed by atoms with Crippen LogP contribution < -0.4 is 0 Å². The quantitative estimate of drug-likeness (QED) is 0.906. The van der Waals surface area contributed by atoms with Crippen LogP contribution >= 0.6 is 0 Å². The van der Waals surface area contributed by atoms with E-state index in [0.717, 1.165) is 69.5 Å². The van der Waals surface area contributed by atoms with E-state index in [9.17, 15) is 9.18 Å². The van der Waals surface area contributed by atoms with Crippen LogP contribution in [-0.4, -0.2) is 45.3 Å². The molecule has 3 aliphatic rings. The van der Waals surface area contributed by atoms with Gasteiger partial charge in [-0.05, 0) is 43.4 Å². The zero-order chi connectivity index (χ0) is 18.4. The molecule has 1 aromatic heterocycles. The van der Waals surface area contributed by atoms with Crippen molar-refractivity contribution in [1.82, 2.24) is 19.8 Å². The molecule has 1 aliphatic carbocycles. The minimum absolute atomic E-state index is 0.185. The summed E-state index contributed by atoms with van der Waals surface area (Å²) in [4.78, 5) is 25.5. The Kier molecular flexibility index (Phi) is 4.04. The molecule has 1 saturated carbocycles. The van der Waals surface area contributed by atoms with E-state index >= 15 is 0 Å². The zero-order valence-corrected chi connectivity index (χ0v) is 15.5. The molecule has 3 heterocycles. The van der Waals surface area contributed by atoms with Crippen LogP contribution in [0.3, 0.4) is 0 Å². The van der Waals surface area contributed by atoms with E-state index < -0.39 is 0 Å². The molecule has 5 nitrogen and oxygen atoms in total. The number of nitrogens with one attached hydrogen (secondary N) is 1. The number of fused-ring (bicyclic) bond motifs is 2. The number of hydrogen-bond donors (Lipinski definition) is 1. The fourth-order valence-electron chi connectivity index (χ4n) is 4.83. The van der Waals surface area contributed by atoms with Gasteiger partial charge in [-0.15, -0.1) is 0 Å². The number of rotatable bonds is 3. The number of benzene rings is 1. The molecule has 2 fully saturated rings. The summed E-state index contributed by atoms with van der Waals surface area (Å²) in [5.74, 6) is 0.366. The minimum atomic E-state index is -0.272. The summed E-state index contributed by atoms with van der Waals surface area (Å²) >= 11 is 0. The first-order valence-corrected chi connectivity index (χ1v) is 9.97. The normalized spacial score (nSPS) is 22.0. The van der Waals surface area contributed by atoms with Gasteiger partial charge in [0.15, 0.2) is 0 Å². The molecule has 1 spiro atoms. The molecule has 5 rings (SSSR count). The number of aromatic nitrogens is 2. The first-order chi connectivity index (χ1) is 13.2. The Balaban J connectivity index is 1.37. The largest absolute Gasteiger partial charge is 0.348 e. The van der Waals surface area contributed by atoms with Gasteiger partial charge in [0.25, 0.3) is 0 Å². The predicted molar refractivity (Wildman–Crippen MR) is 99.3 cm³/mol. The summed E-state index contributed by atoms with van der Waals surface area (Å²) in [5, 5.41) is 0. The van der Waals surface area contributed by atoms with Crippen LogP contribution in [0.15, 0.2) is 30.6 Å². The van der Waals surface area contributed by atoms with Gasteiger partial charge in [-0.3, -0.25) is 9.69 Å². The number of piperidine rings is 1. The van der Waals surface area contributed by atoms with Crippen LogP contribution in [0.25, 0.3) is 0 Å². The van der Waals surface area contributed by atoms with Crippen molar-refractivity contribution < 1.29 is 9.18 Å². The van der Waals surface area contributed by atoms with Crippen LogP contribution in [0.4, 0.5) is 4.39 Å². The number of nitrogens with zero attached hydrogens (tertiary/aromatic N) is 3. The summed E-state index contributed by atoms with van der Waals surface area (Å²) < 4.78 is 13.5. The lowest BCUT2D eigenvalue weighted by Gasteiger charge is -2.50. The van der Waals surface area contributed by atoms with Gasteiger partial charge in [0.2, 0.25) is 5.91 Å². The molecule has 0 radical (unpaired) electrons. The molecular formula is C21H25FN4O. The van der Waals surface area contributed by atoms with Gasteiger partial charge in [0.1, 0.15) is 5.82 Å². The van der Waals surface area contributed by atoms with Crippen molar-refractivity contribution >= 4 is 5.91 Å². The number of likely N-dealkylation sites (tertiary alicyclic amines) is 1. The molecule has 6 heteroatoms. The lowest BCUT2D eigenvalue weighted by Crippen LogP contribution is -2.58. The van der Waals surface area contributed by atoms with E-state index in [4.69, 9.17) is 0 Å². The third-order valence-electron chi connectivity index (χ3n) is 6.43. The number of aromatic amines is 1. The molecule has 142 valence electrons. The Bertz CT molecular complexity index is 851. The highest BCUT2D eigenvalue weighted by Crippen LogP contribution is 2.45. The summed E-state index contributed by atoms with van der Waals surface area (Å²) in [7, 11) is 0. The highest BCUT2D eigenvalue weighted by molar-refractivity contribution is 5.82. The second-order valence-electron chi connectivity index (χ2n) is 8.18. The fraction of sp³-hybridized carbons (Fsp3) is 0.524. The van der Waals surface area contributed by atoms with Gasteiger partial charge in [0, 0.05) is 44.2 Å². The third-order valence-corrected chi connectivity index (χ3v) is 6.43. The summed E-state index contributed by atoms with van der Waals surface area (Å²) in [5.41, 5.74) is 2.99. The molecule has 0 unspecified atom stereocenters. The molecule has 1 N–H and O–H groups in total. The monoisotopic (exact) mass is 368 g/mol. The first kappa shape index (κ1) is 16.9. The number of amides is 1. The molecule has 2 aliphatic heterocycles. The number of hydrogen-bond acceptors (Lipinski definition) is 3. The average molecular weight is 368 g/mol. The van der Waals surface area contributed by atoms with Crippen molar-refractivity contribution in [3.8, 4) is 0 Å². The van der Waals surface area contributed by atoms with E-state index in [-0.39, 0.29) is 17.3 Å². The Morgan fingerprint density at radius 2 is 2.07 bits per heavy atom. The van der Waals surface area contributed by atoms with Crippen LogP contribution in [0.2, 0.25) is 0 Å². The molecule has 1 aromatic carbocycles. The Hall–Kier alpha value is -2.21. The Morgan fingerprint density at radius 3 is 2.81 bits per heavy atom. The van der Waals surface area contributed by atoms with Crippen LogP contribution in [0.5, 0.6) is 0 Å². The van der Waals surface area contributed by atoms with Crippen molar-refractivity contribution in [2.24, 2.45) is 5.92 Å². The van der Waals surface area contributed by atoms with E-state index in [1.54, 1.807) is 18.5 Å².